The summed E-state index contributed by atoms with van der Waals surface area (Å²) in [7, 11) is 4.87. The van der Waals surface area contributed by atoms with E-state index in [4.69, 9.17) is 14.2 Å². The second-order valence-electron chi connectivity index (χ2n) is 7.79. The Morgan fingerprint density at radius 3 is 2.45 bits per heavy atom. The summed E-state index contributed by atoms with van der Waals surface area (Å²) in [6.07, 6.45) is 7.11. The summed E-state index contributed by atoms with van der Waals surface area (Å²) < 4.78 is 17.1. The van der Waals surface area contributed by atoms with Gasteiger partial charge in [0.05, 0.1) is 26.2 Å². The molecule has 0 radical (unpaired) electrons. The molecule has 3 aromatic rings. The highest BCUT2D eigenvalue weighted by atomic mass is 32.2. The second-order valence-corrected chi connectivity index (χ2v) is 8.63. The van der Waals surface area contributed by atoms with Crippen molar-refractivity contribution in [3.05, 3.63) is 75.7 Å². The summed E-state index contributed by atoms with van der Waals surface area (Å²) in [5.41, 5.74) is 5.12. The minimum Gasteiger partial charge on any atom is -0.493 e. The number of aromatic nitrogens is 1. The highest BCUT2D eigenvalue weighted by molar-refractivity contribution is 7.98. The molecule has 2 aromatic carbocycles. The van der Waals surface area contributed by atoms with E-state index in [1.807, 2.05) is 36.6 Å². The first-order valence-corrected chi connectivity index (χ1v) is 12.0. The Kier molecular flexibility index (Phi) is 7.20. The molecule has 1 heterocycles. The summed E-state index contributed by atoms with van der Waals surface area (Å²) in [6, 6.07) is 11.7. The Morgan fingerprint density at radius 2 is 1.79 bits per heavy atom. The van der Waals surface area contributed by atoms with Gasteiger partial charge in [0.15, 0.2) is 16.9 Å². The zero-order chi connectivity index (χ0) is 23.4. The Bertz CT molecular complexity index is 1200. The first-order chi connectivity index (χ1) is 16.1. The standard InChI is InChI=1S/C26H28N2O4S/c1-30-22-13-17-5-7-20(28-15-16-9-11-27-12-10-16)19-14-21(29)23(33-4)8-6-18(19)24(17)26(32-3)25(22)31-2/h6,8-14,20,28H,5,7,15H2,1-4H3/t20-/m0/s1. The minimum absolute atomic E-state index is 0.0161. The van der Waals surface area contributed by atoms with E-state index in [9.17, 15) is 4.79 Å². The Labute approximate surface area is 198 Å². The van der Waals surface area contributed by atoms with Crippen molar-refractivity contribution in [2.45, 2.75) is 30.3 Å². The molecule has 1 aromatic heterocycles. The van der Waals surface area contributed by atoms with Crippen molar-refractivity contribution in [2.75, 3.05) is 27.6 Å². The monoisotopic (exact) mass is 464 g/mol. The molecule has 0 saturated heterocycles. The molecule has 1 aliphatic carbocycles. The van der Waals surface area contributed by atoms with Crippen molar-refractivity contribution < 1.29 is 14.2 Å². The first kappa shape index (κ1) is 23.1. The molecular formula is C26H28N2O4S. The lowest BCUT2D eigenvalue weighted by atomic mass is 9.95. The van der Waals surface area contributed by atoms with Crippen LogP contribution in [0.2, 0.25) is 0 Å². The van der Waals surface area contributed by atoms with Crippen LogP contribution in [-0.4, -0.2) is 32.6 Å². The maximum atomic E-state index is 13.0. The van der Waals surface area contributed by atoms with Crippen LogP contribution in [0.3, 0.4) is 0 Å². The predicted molar refractivity (Wildman–Crippen MR) is 132 cm³/mol. The fourth-order valence-corrected chi connectivity index (χ4v) is 4.88. The molecule has 4 rings (SSSR count). The topological polar surface area (TPSA) is 69.7 Å². The van der Waals surface area contributed by atoms with E-state index in [1.165, 1.54) is 11.8 Å². The number of benzene rings is 1. The molecule has 0 bridgehead atoms. The lowest BCUT2D eigenvalue weighted by Gasteiger charge is -2.20. The molecule has 0 spiro atoms. The largest absolute Gasteiger partial charge is 0.493 e. The van der Waals surface area contributed by atoms with Crippen LogP contribution in [0.4, 0.5) is 0 Å². The van der Waals surface area contributed by atoms with Crippen LogP contribution in [0, 0.1) is 0 Å². The summed E-state index contributed by atoms with van der Waals surface area (Å²) in [4.78, 5) is 17.8. The van der Waals surface area contributed by atoms with Gasteiger partial charge in [-0.2, -0.15) is 0 Å². The van der Waals surface area contributed by atoms with Gasteiger partial charge in [0.25, 0.3) is 0 Å². The number of fused-ring (bicyclic) bond motifs is 3. The van der Waals surface area contributed by atoms with E-state index in [0.29, 0.717) is 28.7 Å². The smallest absolute Gasteiger partial charge is 0.203 e. The van der Waals surface area contributed by atoms with Gasteiger partial charge in [-0.1, -0.05) is 6.07 Å². The molecule has 1 atom stereocenters. The third-order valence-corrected chi connectivity index (χ3v) is 6.80. The number of methoxy groups -OCH3 is 3. The van der Waals surface area contributed by atoms with Crippen molar-refractivity contribution in [1.29, 1.82) is 0 Å². The number of pyridine rings is 1. The maximum Gasteiger partial charge on any atom is 0.203 e. The van der Waals surface area contributed by atoms with Crippen LogP contribution in [0.15, 0.2) is 58.5 Å². The SMILES string of the molecule is COc1cc2c(c(OC)c1OC)-c1ccc(SC)c(=O)cc1[C@@H](NCc1ccncc1)CC2. The number of aryl methyl sites for hydroxylation is 1. The van der Waals surface area contributed by atoms with Crippen molar-refractivity contribution in [3.8, 4) is 28.4 Å². The van der Waals surface area contributed by atoms with Gasteiger partial charge in [0, 0.05) is 30.5 Å². The van der Waals surface area contributed by atoms with Gasteiger partial charge in [0.2, 0.25) is 5.75 Å². The van der Waals surface area contributed by atoms with Crippen molar-refractivity contribution in [3.63, 3.8) is 0 Å². The van der Waals surface area contributed by atoms with E-state index >= 15 is 0 Å². The van der Waals surface area contributed by atoms with E-state index in [2.05, 4.69) is 10.3 Å². The Hall–Kier alpha value is -3.03. The van der Waals surface area contributed by atoms with Crippen molar-refractivity contribution >= 4 is 11.8 Å². The average Bonchev–Trinajstić information content (AvgIpc) is 3.10. The quantitative estimate of drug-likeness (QED) is 0.511. The normalized spacial score (nSPS) is 14.6. The Morgan fingerprint density at radius 1 is 1.03 bits per heavy atom. The van der Waals surface area contributed by atoms with E-state index in [-0.39, 0.29) is 11.5 Å². The zero-order valence-electron chi connectivity index (χ0n) is 19.3. The zero-order valence-corrected chi connectivity index (χ0v) is 20.1. The number of ether oxygens (including phenoxy) is 3. The molecule has 33 heavy (non-hydrogen) atoms. The number of nitrogens with one attached hydrogen (secondary N) is 1. The number of hydrogen-bond acceptors (Lipinski definition) is 7. The highest BCUT2D eigenvalue weighted by Gasteiger charge is 2.28. The molecule has 7 heteroatoms. The van der Waals surface area contributed by atoms with Crippen LogP contribution in [0.25, 0.3) is 11.1 Å². The third kappa shape index (κ3) is 4.56. The molecule has 0 aliphatic heterocycles. The molecule has 1 aliphatic rings. The van der Waals surface area contributed by atoms with Gasteiger partial charge in [0.1, 0.15) is 0 Å². The molecule has 6 nitrogen and oxygen atoms in total. The molecule has 0 saturated carbocycles. The highest BCUT2D eigenvalue weighted by Crippen LogP contribution is 2.50. The van der Waals surface area contributed by atoms with E-state index < -0.39 is 0 Å². The average molecular weight is 465 g/mol. The van der Waals surface area contributed by atoms with Crippen LogP contribution in [0.1, 0.15) is 29.2 Å². The molecule has 1 N–H and O–H groups in total. The van der Waals surface area contributed by atoms with Crippen LogP contribution in [0.5, 0.6) is 17.2 Å². The van der Waals surface area contributed by atoms with Gasteiger partial charge in [-0.25, -0.2) is 0 Å². The number of hydrogen-bond donors (Lipinski definition) is 1. The molecule has 0 fully saturated rings. The molecule has 172 valence electrons. The van der Waals surface area contributed by atoms with Gasteiger partial charge < -0.3 is 19.5 Å². The van der Waals surface area contributed by atoms with Gasteiger partial charge in [-0.15, -0.1) is 11.8 Å². The predicted octanol–water partition coefficient (Wildman–Crippen LogP) is 4.63. The summed E-state index contributed by atoms with van der Waals surface area (Å²) in [6.45, 7) is 0.676. The van der Waals surface area contributed by atoms with Gasteiger partial charge in [-0.3, -0.25) is 9.78 Å². The summed E-state index contributed by atoms with van der Waals surface area (Å²) in [5, 5.41) is 3.67. The van der Waals surface area contributed by atoms with E-state index in [0.717, 1.165) is 40.7 Å². The Balaban J connectivity index is 1.92. The fraction of sp³-hybridized carbons (Fsp3) is 0.308. The number of rotatable bonds is 7. The lowest BCUT2D eigenvalue weighted by Crippen LogP contribution is -2.22. The number of nitrogens with zero attached hydrogens (tertiary/aromatic N) is 1. The van der Waals surface area contributed by atoms with Crippen LogP contribution >= 0.6 is 11.8 Å². The van der Waals surface area contributed by atoms with E-state index in [1.54, 1.807) is 39.8 Å². The number of thioether (sulfide) groups is 1. The lowest BCUT2D eigenvalue weighted by molar-refractivity contribution is 0.324. The van der Waals surface area contributed by atoms with Gasteiger partial charge in [-0.05, 0) is 71.7 Å². The fourth-order valence-electron chi connectivity index (χ4n) is 4.42. The van der Waals surface area contributed by atoms with Gasteiger partial charge >= 0.3 is 0 Å². The third-order valence-electron chi connectivity index (χ3n) is 6.02. The molecule has 0 amide bonds. The van der Waals surface area contributed by atoms with Crippen LogP contribution < -0.4 is 25.0 Å². The molecular weight excluding hydrogens is 436 g/mol. The van der Waals surface area contributed by atoms with Crippen molar-refractivity contribution in [2.24, 2.45) is 0 Å². The van der Waals surface area contributed by atoms with Crippen molar-refractivity contribution in [1.82, 2.24) is 10.3 Å². The maximum absolute atomic E-state index is 13.0. The molecule has 0 unspecified atom stereocenters. The van der Waals surface area contributed by atoms with Crippen LogP contribution in [-0.2, 0) is 13.0 Å². The second kappa shape index (κ2) is 10.3. The summed E-state index contributed by atoms with van der Waals surface area (Å²) in [5.74, 6) is 1.80. The summed E-state index contributed by atoms with van der Waals surface area (Å²) >= 11 is 1.45. The minimum atomic E-state index is -0.0166. The first-order valence-electron chi connectivity index (χ1n) is 10.8.